The first-order valence-corrected chi connectivity index (χ1v) is 14.0. The second kappa shape index (κ2) is 17.0. The molecule has 0 aliphatic heterocycles. The average Bonchev–Trinajstić information content (AvgIpc) is 2.92. The van der Waals surface area contributed by atoms with Crippen molar-refractivity contribution in [3.05, 3.63) is 94.5 Å². The van der Waals surface area contributed by atoms with Crippen molar-refractivity contribution in [2.75, 3.05) is 52.7 Å². The molecule has 0 spiro atoms. The molecule has 7 heteroatoms. The van der Waals surface area contributed by atoms with Crippen molar-refractivity contribution in [2.45, 2.75) is 46.4 Å². The third-order valence-electron chi connectivity index (χ3n) is 6.76. The largest absolute Gasteiger partial charge is 0.491 e. The van der Waals surface area contributed by atoms with Gasteiger partial charge in [-0.3, -0.25) is 4.90 Å². The summed E-state index contributed by atoms with van der Waals surface area (Å²) in [5.41, 5.74) is 5.93. The van der Waals surface area contributed by atoms with Crippen LogP contribution in [0.25, 0.3) is 0 Å². The minimum Gasteiger partial charge on any atom is -0.491 e. The summed E-state index contributed by atoms with van der Waals surface area (Å²) in [6.07, 6.45) is -1.41. The molecule has 0 fully saturated rings. The van der Waals surface area contributed by atoms with Crippen molar-refractivity contribution >= 4 is 0 Å². The van der Waals surface area contributed by atoms with Gasteiger partial charge in [0.25, 0.3) is 0 Å². The van der Waals surface area contributed by atoms with Crippen molar-refractivity contribution in [1.82, 2.24) is 4.90 Å². The molecule has 0 bridgehead atoms. The Morgan fingerprint density at radius 2 is 1.07 bits per heavy atom. The molecule has 0 saturated heterocycles. The standard InChI is InChI=1S/C33H45NO6/c1-25-10-12-32(18-27(25)3)39-16-14-37-23-30(35)21-34(20-29-8-6-5-7-9-29)22-31(36)24-38-15-17-40-33-13-11-26(2)28(4)19-33/h5-13,18-19,30-31,35-36H,14-17,20-24H2,1-4H3. The van der Waals surface area contributed by atoms with Crippen molar-refractivity contribution in [3.63, 3.8) is 0 Å². The first-order valence-electron chi connectivity index (χ1n) is 14.0. The summed E-state index contributed by atoms with van der Waals surface area (Å²) in [6, 6.07) is 22.0. The molecule has 7 nitrogen and oxygen atoms in total. The number of hydrogen-bond donors (Lipinski definition) is 2. The van der Waals surface area contributed by atoms with Gasteiger partial charge in [0.05, 0.1) is 38.6 Å². The number of benzene rings is 3. The lowest BCUT2D eigenvalue weighted by molar-refractivity contribution is -0.0181. The van der Waals surface area contributed by atoms with E-state index < -0.39 is 12.2 Å². The molecule has 2 atom stereocenters. The Labute approximate surface area is 239 Å². The fourth-order valence-electron chi connectivity index (χ4n) is 4.23. The molecule has 2 N–H and O–H groups in total. The van der Waals surface area contributed by atoms with Crippen LogP contribution < -0.4 is 9.47 Å². The zero-order chi connectivity index (χ0) is 28.7. The topological polar surface area (TPSA) is 80.6 Å². The SMILES string of the molecule is Cc1ccc(OCCOCC(O)CN(Cc2ccccc2)CC(O)COCCOc2ccc(C)c(C)c2)cc1C. The van der Waals surface area contributed by atoms with E-state index in [0.717, 1.165) is 17.1 Å². The number of ether oxygens (including phenoxy) is 4. The molecule has 0 amide bonds. The zero-order valence-corrected chi connectivity index (χ0v) is 24.3. The van der Waals surface area contributed by atoms with E-state index in [9.17, 15) is 10.2 Å². The van der Waals surface area contributed by atoms with Crippen LogP contribution in [0.5, 0.6) is 11.5 Å². The van der Waals surface area contributed by atoms with Gasteiger partial charge in [0, 0.05) is 19.6 Å². The lowest BCUT2D eigenvalue weighted by atomic mass is 10.1. The van der Waals surface area contributed by atoms with Crippen molar-refractivity contribution < 1.29 is 29.2 Å². The molecule has 0 radical (unpaired) electrons. The molecule has 0 aromatic heterocycles. The third kappa shape index (κ3) is 11.7. The van der Waals surface area contributed by atoms with Crippen LogP contribution in [0.1, 0.15) is 27.8 Å². The maximum absolute atomic E-state index is 10.6. The average molecular weight is 552 g/mol. The van der Waals surface area contributed by atoms with Crippen LogP contribution in [0.2, 0.25) is 0 Å². The number of aliphatic hydroxyl groups excluding tert-OH is 2. The molecular formula is C33H45NO6. The summed E-state index contributed by atoms with van der Waals surface area (Å²) in [5, 5.41) is 21.3. The second-order valence-corrected chi connectivity index (χ2v) is 10.3. The molecule has 3 aromatic carbocycles. The number of nitrogens with zero attached hydrogens (tertiary/aromatic N) is 1. The zero-order valence-electron chi connectivity index (χ0n) is 24.3. The molecule has 0 aliphatic carbocycles. The molecule has 2 unspecified atom stereocenters. The summed E-state index contributed by atoms with van der Waals surface area (Å²) in [5.74, 6) is 1.63. The maximum Gasteiger partial charge on any atom is 0.119 e. The normalized spacial score (nSPS) is 12.9. The van der Waals surface area contributed by atoms with Crippen LogP contribution in [-0.4, -0.2) is 80.1 Å². The lowest BCUT2D eigenvalue weighted by Crippen LogP contribution is -2.40. The fraction of sp³-hybridized carbons (Fsp3) is 0.455. The van der Waals surface area contributed by atoms with E-state index in [1.165, 1.54) is 22.3 Å². The van der Waals surface area contributed by atoms with Crippen molar-refractivity contribution in [1.29, 1.82) is 0 Å². The molecule has 218 valence electrons. The molecule has 0 saturated carbocycles. The van der Waals surface area contributed by atoms with Gasteiger partial charge in [-0.15, -0.1) is 0 Å². The van der Waals surface area contributed by atoms with Gasteiger partial charge in [-0.2, -0.15) is 0 Å². The number of aryl methyl sites for hydroxylation is 4. The van der Waals surface area contributed by atoms with Gasteiger partial charge in [0.2, 0.25) is 0 Å². The number of hydrogen-bond acceptors (Lipinski definition) is 7. The number of aliphatic hydroxyl groups is 2. The predicted octanol–water partition coefficient (Wildman–Crippen LogP) is 4.64. The molecule has 0 aliphatic rings. The van der Waals surface area contributed by atoms with Crippen LogP contribution >= 0.6 is 0 Å². The van der Waals surface area contributed by atoms with Crippen molar-refractivity contribution in [2.24, 2.45) is 0 Å². The van der Waals surface area contributed by atoms with Crippen LogP contribution in [0, 0.1) is 27.7 Å². The maximum atomic E-state index is 10.6. The van der Waals surface area contributed by atoms with E-state index in [0.29, 0.717) is 46.1 Å². The molecule has 40 heavy (non-hydrogen) atoms. The Morgan fingerprint density at radius 1 is 0.600 bits per heavy atom. The van der Waals surface area contributed by atoms with E-state index in [1.54, 1.807) is 0 Å². The van der Waals surface area contributed by atoms with Crippen LogP contribution in [0.15, 0.2) is 66.7 Å². The van der Waals surface area contributed by atoms with E-state index in [1.807, 2.05) is 71.6 Å². The Kier molecular flexibility index (Phi) is 13.4. The van der Waals surface area contributed by atoms with Crippen LogP contribution in [-0.2, 0) is 16.0 Å². The Morgan fingerprint density at radius 3 is 1.52 bits per heavy atom. The molecule has 0 heterocycles. The predicted molar refractivity (Wildman–Crippen MR) is 158 cm³/mol. The van der Waals surface area contributed by atoms with Crippen LogP contribution in [0.4, 0.5) is 0 Å². The Balaban J connectivity index is 1.37. The van der Waals surface area contributed by atoms with Gasteiger partial charge < -0.3 is 29.2 Å². The smallest absolute Gasteiger partial charge is 0.119 e. The van der Waals surface area contributed by atoms with Gasteiger partial charge in [-0.25, -0.2) is 0 Å². The Bertz CT molecular complexity index is 1070. The molecule has 3 rings (SSSR count). The summed E-state index contributed by atoms with van der Waals surface area (Å²) in [4.78, 5) is 2.02. The quantitative estimate of drug-likeness (QED) is 0.223. The summed E-state index contributed by atoms with van der Waals surface area (Å²) < 4.78 is 22.8. The Hall–Kier alpha value is -2.94. The monoisotopic (exact) mass is 551 g/mol. The van der Waals surface area contributed by atoms with Gasteiger partial charge in [0.15, 0.2) is 0 Å². The van der Waals surface area contributed by atoms with Gasteiger partial charge in [-0.05, 0) is 79.8 Å². The minimum atomic E-state index is -0.704. The third-order valence-corrected chi connectivity index (χ3v) is 6.76. The van der Waals surface area contributed by atoms with E-state index in [2.05, 4.69) is 27.7 Å². The van der Waals surface area contributed by atoms with Crippen molar-refractivity contribution in [3.8, 4) is 11.5 Å². The van der Waals surface area contributed by atoms with E-state index in [-0.39, 0.29) is 13.2 Å². The van der Waals surface area contributed by atoms with E-state index >= 15 is 0 Å². The highest BCUT2D eigenvalue weighted by molar-refractivity contribution is 5.34. The first-order chi connectivity index (χ1) is 19.3. The minimum absolute atomic E-state index is 0.185. The van der Waals surface area contributed by atoms with Gasteiger partial charge in [-0.1, -0.05) is 42.5 Å². The first kappa shape index (κ1) is 31.6. The van der Waals surface area contributed by atoms with Crippen LogP contribution in [0.3, 0.4) is 0 Å². The van der Waals surface area contributed by atoms with Gasteiger partial charge in [0.1, 0.15) is 24.7 Å². The highest BCUT2D eigenvalue weighted by atomic mass is 16.5. The lowest BCUT2D eigenvalue weighted by Gasteiger charge is -2.27. The summed E-state index contributed by atoms with van der Waals surface area (Å²) >= 11 is 0. The second-order valence-electron chi connectivity index (χ2n) is 10.3. The fourth-order valence-corrected chi connectivity index (χ4v) is 4.23. The van der Waals surface area contributed by atoms with Gasteiger partial charge >= 0.3 is 0 Å². The highest BCUT2D eigenvalue weighted by Crippen LogP contribution is 2.17. The molecule has 3 aromatic rings. The summed E-state index contributed by atoms with van der Waals surface area (Å²) in [6.45, 7) is 11.5. The van der Waals surface area contributed by atoms with E-state index in [4.69, 9.17) is 18.9 Å². The molecular weight excluding hydrogens is 506 g/mol. The highest BCUT2D eigenvalue weighted by Gasteiger charge is 2.17. The summed E-state index contributed by atoms with van der Waals surface area (Å²) in [7, 11) is 0. The number of rotatable bonds is 18.